The molecule has 4 nitrogen and oxygen atoms in total. The Hall–Kier alpha value is -2.36. The van der Waals surface area contributed by atoms with Crippen LogP contribution in [-0.4, -0.2) is 14.8 Å². The quantitative estimate of drug-likeness (QED) is 0.668. The Morgan fingerprint density at radius 1 is 1.12 bits per heavy atom. The fourth-order valence-corrected chi connectivity index (χ4v) is 1.77. The summed E-state index contributed by atoms with van der Waals surface area (Å²) in [6.07, 6.45) is 5.46. The summed E-state index contributed by atoms with van der Waals surface area (Å²) in [5, 5.41) is 6.40. The number of fused-ring (bicyclic) bond motifs is 1. The minimum atomic E-state index is 0.515. The third-order valence-electron chi connectivity index (χ3n) is 2.52. The number of benzene rings is 1. The zero-order valence-electron chi connectivity index (χ0n) is 8.54. The van der Waals surface area contributed by atoms with Crippen molar-refractivity contribution in [3.63, 3.8) is 0 Å². The Kier molecular flexibility index (Phi) is 1.86. The van der Waals surface area contributed by atoms with E-state index in [2.05, 4.69) is 10.1 Å². The largest absolute Gasteiger partial charge is 0.382 e. The van der Waals surface area contributed by atoms with Crippen LogP contribution < -0.4 is 5.73 Å². The van der Waals surface area contributed by atoms with Gasteiger partial charge in [-0.05, 0) is 17.5 Å². The summed E-state index contributed by atoms with van der Waals surface area (Å²) in [4.78, 5) is 4.13. The van der Waals surface area contributed by atoms with Crippen molar-refractivity contribution in [2.45, 2.75) is 0 Å². The molecule has 2 aromatic heterocycles. The molecule has 0 saturated carbocycles. The molecule has 0 fully saturated rings. The van der Waals surface area contributed by atoms with Crippen LogP contribution in [0.15, 0.2) is 48.9 Å². The van der Waals surface area contributed by atoms with E-state index in [9.17, 15) is 0 Å². The average molecular weight is 210 g/mol. The summed E-state index contributed by atoms with van der Waals surface area (Å²) in [6.45, 7) is 0. The zero-order valence-corrected chi connectivity index (χ0v) is 8.54. The Bertz CT molecular complexity index is 637. The van der Waals surface area contributed by atoms with Gasteiger partial charge in [-0.2, -0.15) is 5.10 Å². The summed E-state index contributed by atoms with van der Waals surface area (Å²) in [5.41, 5.74) is 6.60. The van der Waals surface area contributed by atoms with Crippen molar-refractivity contribution in [1.82, 2.24) is 14.8 Å². The Morgan fingerprint density at radius 3 is 2.88 bits per heavy atom. The van der Waals surface area contributed by atoms with Crippen LogP contribution in [0.3, 0.4) is 0 Å². The standard InChI is InChI=1S/C12H10N4/c13-12-5-7-16(15-12)11-3-1-2-9-4-6-14-8-10(9)11/h1-8H,(H2,13,15). The minimum absolute atomic E-state index is 0.515. The molecule has 0 spiro atoms. The highest BCUT2D eigenvalue weighted by Gasteiger charge is 2.03. The SMILES string of the molecule is Nc1ccn(-c2cccc3ccncc23)n1. The predicted molar refractivity (Wildman–Crippen MR) is 63.3 cm³/mol. The maximum atomic E-state index is 5.61. The lowest BCUT2D eigenvalue weighted by molar-refractivity contribution is 0.893. The van der Waals surface area contributed by atoms with Gasteiger partial charge in [0.2, 0.25) is 0 Å². The van der Waals surface area contributed by atoms with Gasteiger partial charge in [0.05, 0.1) is 5.69 Å². The summed E-state index contributed by atoms with van der Waals surface area (Å²) < 4.78 is 1.76. The van der Waals surface area contributed by atoms with Crippen molar-refractivity contribution in [3.8, 4) is 5.69 Å². The van der Waals surface area contributed by atoms with Gasteiger partial charge in [-0.1, -0.05) is 12.1 Å². The molecule has 0 amide bonds. The highest BCUT2D eigenvalue weighted by Crippen LogP contribution is 2.20. The third-order valence-corrected chi connectivity index (χ3v) is 2.52. The molecule has 0 saturated heterocycles. The topological polar surface area (TPSA) is 56.7 Å². The molecule has 1 aromatic carbocycles. The van der Waals surface area contributed by atoms with Gasteiger partial charge in [0.15, 0.2) is 0 Å². The summed E-state index contributed by atoms with van der Waals surface area (Å²) in [7, 11) is 0. The van der Waals surface area contributed by atoms with Gasteiger partial charge < -0.3 is 5.73 Å². The molecule has 2 heterocycles. The van der Waals surface area contributed by atoms with E-state index in [4.69, 9.17) is 5.73 Å². The number of aromatic nitrogens is 3. The second kappa shape index (κ2) is 3.34. The fourth-order valence-electron chi connectivity index (χ4n) is 1.77. The van der Waals surface area contributed by atoms with Crippen molar-refractivity contribution in [3.05, 3.63) is 48.9 Å². The molecule has 3 aromatic rings. The van der Waals surface area contributed by atoms with E-state index in [1.54, 1.807) is 16.9 Å². The molecule has 4 heteroatoms. The minimum Gasteiger partial charge on any atom is -0.382 e. The lowest BCUT2D eigenvalue weighted by Crippen LogP contribution is -1.97. The molecule has 0 bridgehead atoms. The molecule has 0 aliphatic carbocycles. The number of rotatable bonds is 1. The Balaban J connectivity index is 2.31. The molecule has 0 radical (unpaired) electrons. The van der Waals surface area contributed by atoms with Gasteiger partial charge >= 0.3 is 0 Å². The molecule has 2 N–H and O–H groups in total. The van der Waals surface area contributed by atoms with Crippen LogP contribution in [0.5, 0.6) is 0 Å². The maximum Gasteiger partial charge on any atom is 0.145 e. The van der Waals surface area contributed by atoms with Crippen LogP contribution in [0.2, 0.25) is 0 Å². The highest BCUT2D eigenvalue weighted by molar-refractivity contribution is 5.89. The summed E-state index contributed by atoms with van der Waals surface area (Å²) >= 11 is 0. The molecule has 0 unspecified atom stereocenters. The van der Waals surface area contributed by atoms with Crippen molar-refractivity contribution in [2.24, 2.45) is 0 Å². The average Bonchev–Trinajstić information content (AvgIpc) is 2.75. The first-order valence-corrected chi connectivity index (χ1v) is 4.99. The van der Waals surface area contributed by atoms with E-state index in [1.165, 1.54) is 0 Å². The van der Waals surface area contributed by atoms with Gasteiger partial charge in [-0.25, -0.2) is 4.68 Å². The monoisotopic (exact) mass is 210 g/mol. The molecule has 0 atom stereocenters. The smallest absolute Gasteiger partial charge is 0.145 e. The molecule has 0 aliphatic rings. The molecule has 78 valence electrons. The number of pyridine rings is 1. The lowest BCUT2D eigenvalue weighted by atomic mass is 10.1. The van der Waals surface area contributed by atoms with Crippen molar-refractivity contribution in [1.29, 1.82) is 0 Å². The van der Waals surface area contributed by atoms with Gasteiger partial charge in [0.25, 0.3) is 0 Å². The van der Waals surface area contributed by atoms with Crippen LogP contribution in [-0.2, 0) is 0 Å². The number of hydrogen-bond donors (Lipinski definition) is 1. The highest BCUT2D eigenvalue weighted by atomic mass is 15.3. The van der Waals surface area contributed by atoms with Crippen molar-refractivity contribution < 1.29 is 0 Å². The van der Waals surface area contributed by atoms with Crippen LogP contribution in [0.1, 0.15) is 0 Å². The summed E-state index contributed by atoms with van der Waals surface area (Å²) in [6, 6.07) is 9.79. The van der Waals surface area contributed by atoms with Crippen LogP contribution in [0.4, 0.5) is 5.82 Å². The van der Waals surface area contributed by atoms with Crippen LogP contribution >= 0.6 is 0 Å². The van der Waals surface area contributed by atoms with Gasteiger partial charge in [-0.3, -0.25) is 4.98 Å². The normalized spacial score (nSPS) is 10.8. The molecule has 0 aliphatic heterocycles. The first-order chi connectivity index (χ1) is 7.84. The van der Waals surface area contributed by atoms with Crippen LogP contribution in [0.25, 0.3) is 16.5 Å². The van der Waals surface area contributed by atoms with Crippen LogP contribution in [0, 0.1) is 0 Å². The predicted octanol–water partition coefficient (Wildman–Crippen LogP) is 2.00. The van der Waals surface area contributed by atoms with Gasteiger partial charge in [0.1, 0.15) is 5.82 Å². The van der Waals surface area contributed by atoms with E-state index >= 15 is 0 Å². The number of nitrogen functional groups attached to an aromatic ring is 1. The van der Waals surface area contributed by atoms with Crippen molar-refractivity contribution in [2.75, 3.05) is 5.73 Å². The van der Waals surface area contributed by atoms with Gasteiger partial charge in [0, 0.05) is 30.0 Å². The van der Waals surface area contributed by atoms with E-state index in [0.717, 1.165) is 16.5 Å². The van der Waals surface area contributed by atoms with E-state index < -0.39 is 0 Å². The zero-order chi connectivity index (χ0) is 11.0. The number of nitrogens with two attached hydrogens (primary N) is 1. The van der Waals surface area contributed by atoms with E-state index in [1.807, 2.05) is 36.7 Å². The van der Waals surface area contributed by atoms with Gasteiger partial charge in [-0.15, -0.1) is 0 Å². The molecule has 16 heavy (non-hydrogen) atoms. The fraction of sp³-hybridized carbons (Fsp3) is 0. The second-order valence-electron chi connectivity index (χ2n) is 3.56. The van der Waals surface area contributed by atoms with E-state index in [0.29, 0.717) is 5.82 Å². The maximum absolute atomic E-state index is 5.61. The number of hydrogen-bond acceptors (Lipinski definition) is 3. The Morgan fingerprint density at radius 2 is 2.06 bits per heavy atom. The van der Waals surface area contributed by atoms with Crippen molar-refractivity contribution >= 4 is 16.6 Å². The second-order valence-corrected chi connectivity index (χ2v) is 3.56. The molecular formula is C12H10N4. The van der Waals surface area contributed by atoms with E-state index in [-0.39, 0.29) is 0 Å². The third kappa shape index (κ3) is 1.32. The summed E-state index contributed by atoms with van der Waals surface area (Å²) in [5.74, 6) is 0.515. The molecular weight excluding hydrogens is 200 g/mol. The lowest BCUT2D eigenvalue weighted by Gasteiger charge is -2.05. The molecule has 3 rings (SSSR count). The number of anilines is 1. The first kappa shape index (κ1) is 8.91. The Labute approximate surface area is 92.3 Å². The number of nitrogens with zero attached hydrogens (tertiary/aromatic N) is 3. The first-order valence-electron chi connectivity index (χ1n) is 4.99.